The van der Waals surface area contributed by atoms with Gasteiger partial charge in [-0.15, -0.1) is 0 Å². The van der Waals surface area contributed by atoms with Crippen molar-refractivity contribution in [2.24, 2.45) is 5.73 Å². The molecule has 2 aromatic carbocycles. The summed E-state index contributed by atoms with van der Waals surface area (Å²) in [5.74, 6) is -3.96. The van der Waals surface area contributed by atoms with E-state index in [0.717, 1.165) is 17.2 Å². The lowest BCUT2D eigenvalue weighted by atomic mass is 9.82. The first-order valence-corrected chi connectivity index (χ1v) is 6.25. The number of halogens is 3. The van der Waals surface area contributed by atoms with E-state index >= 15 is 0 Å². The Bertz CT molecular complexity index is 663. The molecule has 0 radical (unpaired) electrons. The van der Waals surface area contributed by atoms with Crippen LogP contribution >= 0.6 is 0 Å². The zero-order valence-corrected chi connectivity index (χ0v) is 11.6. The molecule has 0 heterocycles. The van der Waals surface area contributed by atoms with Gasteiger partial charge in [0.05, 0.1) is 5.54 Å². The first kappa shape index (κ1) is 14.6. The third-order valence-electron chi connectivity index (χ3n) is 3.55. The maximum atomic E-state index is 14.0. The van der Waals surface area contributed by atoms with E-state index in [2.05, 4.69) is 0 Å². The van der Waals surface area contributed by atoms with Crippen molar-refractivity contribution < 1.29 is 13.2 Å². The van der Waals surface area contributed by atoms with Crippen molar-refractivity contribution >= 4 is 0 Å². The van der Waals surface area contributed by atoms with Crippen molar-refractivity contribution in [3.05, 3.63) is 70.0 Å². The summed E-state index contributed by atoms with van der Waals surface area (Å²) in [6, 6.07) is 7.69. The molecule has 0 aromatic heterocycles. The maximum absolute atomic E-state index is 14.0. The van der Waals surface area contributed by atoms with E-state index in [-0.39, 0.29) is 5.56 Å². The summed E-state index contributed by atoms with van der Waals surface area (Å²) in [7, 11) is 0. The Kier molecular flexibility index (Phi) is 3.61. The largest absolute Gasteiger partial charge is 0.318 e. The van der Waals surface area contributed by atoms with Crippen LogP contribution in [0, 0.1) is 31.3 Å². The predicted octanol–water partition coefficient (Wildman–Crippen LogP) is 3.94. The Morgan fingerprint density at radius 3 is 2.20 bits per heavy atom. The van der Waals surface area contributed by atoms with Gasteiger partial charge in [-0.3, -0.25) is 0 Å². The summed E-state index contributed by atoms with van der Waals surface area (Å²) in [5, 5.41) is 0. The molecule has 2 rings (SSSR count). The van der Waals surface area contributed by atoms with Crippen LogP contribution in [-0.4, -0.2) is 0 Å². The Morgan fingerprint density at radius 1 is 0.900 bits per heavy atom. The molecular weight excluding hydrogens is 263 g/mol. The molecule has 0 spiro atoms. The van der Waals surface area contributed by atoms with Crippen LogP contribution in [0.3, 0.4) is 0 Å². The molecule has 106 valence electrons. The van der Waals surface area contributed by atoms with Crippen molar-refractivity contribution in [2.45, 2.75) is 26.3 Å². The number of hydrogen-bond acceptors (Lipinski definition) is 1. The summed E-state index contributed by atoms with van der Waals surface area (Å²) in [5.41, 5.74) is 7.43. The SMILES string of the molecule is Cc1ccc(C)c(C(C)(N)c2ccc(F)c(F)c2F)c1. The van der Waals surface area contributed by atoms with Gasteiger partial charge in [0, 0.05) is 5.56 Å². The molecule has 0 aliphatic carbocycles. The zero-order valence-electron chi connectivity index (χ0n) is 11.6. The quantitative estimate of drug-likeness (QED) is 0.828. The summed E-state index contributed by atoms with van der Waals surface area (Å²) >= 11 is 0. The van der Waals surface area contributed by atoms with Crippen molar-refractivity contribution in [1.29, 1.82) is 0 Å². The molecule has 4 heteroatoms. The minimum atomic E-state index is -1.50. The summed E-state index contributed by atoms with van der Waals surface area (Å²) in [6.07, 6.45) is 0. The summed E-state index contributed by atoms with van der Waals surface area (Å²) < 4.78 is 40.4. The Labute approximate surface area is 116 Å². The number of nitrogens with two attached hydrogens (primary N) is 1. The zero-order chi connectivity index (χ0) is 15.1. The molecule has 0 aliphatic heterocycles. The second-order valence-electron chi connectivity index (χ2n) is 5.24. The Balaban J connectivity index is 2.66. The smallest absolute Gasteiger partial charge is 0.194 e. The van der Waals surface area contributed by atoms with Gasteiger partial charge in [-0.2, -0.15) is 0 Å². The standard InChI is InChI=1S/C16H16F3N/c1-9-4-5-10(2)12(8-9)16(3,20)11-6-7-13(17)15(19)14(11)18/h4-8H,20H2,1-3H3. The molecule has 20 heavy (non-hydrogen) atoms. The van der Waals surface area contributed by atoms with Gasteiger partial charge in [-0.1, -0.05) is 29.8 Å². The van der Waals surface area contributed by atoms with Gasteiger partial charge in [0.15, 0.2) is 17.5 Å². The lowest BCUT2D eigenvalue weighted by Gasteiger charge is -2.28. The van der Waals surface area contributed by atoms with Crippen LogP contribution in [0.25, 0.3) is 0 Å². The molecule has 1 atom stereocenters. The number of rotatable bonds is 2. The molecule has 1 unspecified atom stereocenters. The number of aryl methyl sites for hydroxylation is 2. The minimum absolute atomic E-state index is 0.0647. The van der Waals surface area contributed by atoms with E-state index in [9.17, 15) is 13.2 Å². The molecular formula is C16H16F3N. The third kappa shape index (κ3) is 2.31. The summed E-state index contributed by atoms with van der Waals surface area (Å²) in [4.78, 5) is 0. The first-order chi connectivity index (χ1) is 9.25. The van der Waals surface area contributed by atoms with Gasteiger partial charge in [0.25, 0.3) is 0 Å². The predicted molar refractivity (Wildman–Crippen MR) is 72.9 cm³/mol. The summed E-state index contributed by atoms with van der Waals surface area (Å²) in [6.45, 7) is 5.32. The normalized spacial score (nSPS) is 14.2. The van der Waals surface area contributed by atoms with E-state index < -0.39 is 23.0 Å². The van der Waals surface area contributed by atoms with E-state index in [1.54, 1.807) is 6.92 Å². The van der Waals surface area contributed by atoms with Gasteiger partial charge in [0.1, 0.15) is 0 Å². The van der Waals surface area contributed by atoms with Crippen LogP contribution in [0.2, 0.25) is 0 Å². The van der Waals surface area contributed by atoms with Crippen LogP contribution in [0.1, 0.15) is 29.2 Å². The highest BCUT2D eigenvalue weighted by molar-refractivity contribution is 5.43. The van der Waals surface area contributed by atoms with Gasteiger partial charge in [0.2, 0.25) is 0 Å². The fraction of sp³-hybridized carbons (Fsp3) is 0.250. The van der Waals surface area contributed by atoms with Gasteiger partial charge in [-0.25, -0.2) is 13.2 Å². The highest BCUT2D eigenvalue weighted by atomic mass is 19.2. The van der Waals surface area contributed by atoms with Crippen molar-refractivity contribution in [3.63, 3.8) is 0 Å². The Morgan fingerprint density at radius 2 is 1.55 bits per heavy atom. The number of hydrogen-bond donors (Lipinski definition) is 1. The first-order valence-electron chi connectivity index (χ1n) is 6.25. The monoisotopic (exact) mass is 279 g/mol. The molecule has 2 N–H and O–H groups in total. The topological polar surface area (TPSA) is 26.0 Å². The van der Waals surface area contributed by atoms with Crippen LogP contribution in [-0.2, 0) is 5.54 Å². The molecule has 0 saturated heterocycles. The second-order valence-corrected chi connectivity index (χ2v) is 5.24. The highest BCUT2D eigenvalue weighted by Gasteiger charge is 2.30. The second kappa shape index (κ2) is 4.94. The van der Waals surface area contributed by atoms with E-state index in [1.165, 1.54) is 6.07 Å². The third-order valence-corrected chi connectivity index (χ3v) is 3.55. The maximum Gasteiger partial charge on any atom is 0.194 e. The van der Waals surface area contributed by atoms with E-state index in [0.29, 0.717) is 5.56 Å². The van der Waals surface area contributed by atoms with Gasteiger partial charge < -0.3 is 5.73 Å². The fourth-order valence-electron chi connectivity index (χ4n) is 2.37. The molecule has 0 aliphatic rings. The van der Waals surface area contributed by atoms with Crippen LogP contribution in [0.5, 0.6) is 0 Å². The average molecular weight is 279 g/mol. The van der Waals surface area contributed by atoms with Crippen LogP contribution < -0.4 is 5.73 Å². The van der Waals surface area contributed by atoms with Crippen LogP contribution in [0.4, 0.5) is 13.2 Å². The van der Waals surface area contributed by atoms with E-state index in [1.807, 2.05) is 32.0 Å². The lowest BCUT2D eigenvalue weighted by Crippen LogP contribution is -2.36. The minimum Gasteiger partial charge on any atom is -0.318 e. The molecule has 0 saturated carbocycles. The van der Waals surface area contributed by atoms with Gasteiger partial charge in [-0.05, 0) is 38.0 Å². The molecule has 0 bridgehead atoms. The molecule has 0 amide bonds. The average Bonchev–Trinajstić information content (AvgIpc) is 2.38. The highest BCUT2D eigenvalue weighted by Crippen LogP contribution is 2.32. The van der Waals surface area contributed by atoms with Gasteiger partial charge >= 0.3 is 0 Å². The van der Waals surface area contributed by atoms with E-state index in [4.69, 9.17) is 5.73 Å². The van der Waals surface area contributed by atoms with Crippen molar-refractivity contribution in [1.82, 2.24) is 0 Å². The lowest BCUT2D eigenvalue weighted by molar-refractivity contribution is 0.425. The fourth-order valence-corrected chi connectivity index (χ4v) is 2.37. The van der Waals surface area contributed by atoms with Crippen molar-refractivity contribution in [2.75, 3.05) is 0 Å². The van der Waals surface area contributed by atoms with Crippen molar-refractivity contribution in [3.8, 4) is 0 Å². The Hall–Kier alpha value is -1.81. The van der Waals surface area contributed by atoms with Crippen LogP contribution in [0.15, 0.2) is 30.3 Å². The molecule has 0 fully saturated rings. The molecule has 2 aromatic rings. The number of benzene rings is 2. The molecule has 1 nitrogen and oxygen atoms in total.